The number of carbonyl (C=O) groups is 1. The Labute approximate surface area is 155 Å². The molecule has 0 saturated heterocycles. The quantitative estimate of drug-likeness (QED) is 0.127. The van der Waals surface area contributed by atoms with Crippen molar-refractivity contribution >= 4 is 24.3 Å². The number of unbranched alkanes of at least 4 members (excludes halogenated alkanes) is 3. The third-order valence-electron chi connectivity index (χ3n) is 4.91. The summed E-state index contributed by atoms with van der Waals surface area (Å²) in [5.41, 5.74) is 1.24. The zero-order valence-corrected chi connectivity index (χ0v) is 19.7. The van der Waals surface area contributed by atoms with Crippen LogP contribution in [0.2, 0.25) is 13.3 Å². The molecule has 0 N–H and O–H groups in total. The van der Waals surface area contributed by atoms with Gasteiger partial charge in [0.15, 0.2) is 0 Å². The zero-order valence-electron chi connectivity index (χ0n) is 16.9. The van der Waals surface area contributed by atoms with Crippen molar-refractivity contribution in [3.8, 4) is 0 Å². The standard InChI is InChI=1S/C9H13O2.3C4H9.Sn/c1-4-6-8(3)7-9(10)11-5-2;3*1-3-4-2;/h4H,1,5-6H2,2-3H3;3*1,3-4H2,2H3;. The van der Waals surface area contributed by atoms with E-state index < -0.39 is 18.4 Å². The van der Waals surface area contributed by atoms with Gasteiger partial charge in [-0.25, -0.2) is 0 Å². The van der Waals surface area contributed by atoms with Gasteiger partial charge in [-0.05, 0) is 0 Å². The molecule has 0 unspecified atom stereocenters. The van der Waals surface area contributed by atoms with Gasteiger partial charge >= 0.3 is 155 Å². The van der Waals surface area contributed by atoms with E-state index in [2.05, 4.69) is 34.3 Å². The Bertz CT molecular complexity index is 377. The van der Waals surface area contributed by atoms with E-state index >= 15 is 0 Å². The van der Waals surface area contributed by atoms with E-state index in [1.807, 2.05) is 13.0 Å². The van der Waals surface area contributed by atoms with E-state index in [1.165, 1.54) is 61.0 Å². The molecule has 0 radical (unpaired) electrons. The Morgan fingerprint density at radius 2 is 1.42 bits per heavy atom. The molecule has 0 aliphatic carbocycles. The topological polar surface area (TPSA) is 26.3 Å². The van der Waals surface area contributed by atoms with E-state index in [9.17, 15) is 4.79 Å². The summed E-state index contributed by atoms with van der Waals surface area (Å²) in [7, 11) is 0. The fourth-order valence-electron chi connectivity index (χ4n) is 3.66. The van der Waals surface area contributed by atoms with Crippen LogP contribution >= 0.6 is 0 Å². The van der Waals surface area contributed by atoms with E-state index in [0.29, 0.717) is 6.61 Å². The Morgan fingerprint density at radius 1 is 0.958 bits per heavy atom. The molecule has 24 heavy (non-hydrogen) atoms. The summed E-state index contributed by atoms with van der Waals surface area (Å²) < 4.78 is 10.6. The predicted molar refractivity (Wildman–Crippen MR) is 109 cm³/mol. The summed E-state index contributed by atoms with van der Waals surface area (Å²) in [5.74, 6) is -0.00374. The van der Waals surface area contributed by atoms with Crippen molar-refractivity contribution in [1.29, 1.82) is 0 Å². The first-order valence-electron chi connectivity index (χ1n) is 10.0. The monoisotopic (exact) mass is 444 g/mol. The first kappa shape index (κ1) is 23.7. The van der Waals surface area contributed by atoms with E-state index in [4.69, 9.17) is 4.74 Å². The van der Waals surface area contributed by atoms with Crippen LogP contribution in [0.3, 0.4) is 0 Å². The first-order chi connectivity index (χ1) is 11.5. The van der Waals surface area contributed by atoms with E-state index in [1.54, 1.807) is 0 Å². The van der Waals surface area contributed by atoms with Crippen LogP contribution in [0.5, 0.6) is 0 Å². The minimum absolute atomic E-state index is 0.00374. The molecule has 0 aliphatic rings. The van der Waals surface area contributed by atoms with Gasteiger partial charge in [-0.15, -0.1) is 0 Å². The SMILES string of the molecule is C=CC/C(C)=[C](\C(=O)OCC)[Sn]([CH2]CCC)([CH2]CCC)[CH2]CCC. The molecule has 0 spiro atoms. The molecule has 0 saturated carbocycles. The molecule has 140 valence electrons. The second-order valence-corrected chi connectivity index (χ2v) is 20.0. The third-order valence-corrected chi connectivity index (χ3v) is 21.0. The van der Waals surface area contributed by atoms with Gasteiger partial charge < -0.3 is 0 Å². The van der Waals surface area contributed by atoms with E-state index in [0.717, 1.165) is 6.42 Å². The molecule has 0 atom stereocenters. The Kier molecular flexibility index (Phi) is 13.8. The number of allylic oxidation sites excluding steroid dienone is 2. The summed E-state index contributed by atoms with van der Waals surface area (Å²) in [6.45, 7) is 15.2. The van der Waals surface area contributed by atoms with Gasteiger partial charge in [-0.1, -0.05) is 0 Å². The normalized spacial score (nSPS) is 12.7. The second kappa shape index (κ2) is 14.0. The summed E-state index contributed by atoms with van der Waals surface area (Å²) in [5, 5.41) is 0. The Balaban J connectivity index is 6.00. The minimum atomic E-state index is -2.76. The van der Waals surface area contributed by atoms with Gasteiger partial charge in [0.1, 0.15) is 0 Å². The van der Waals surface area contributed by atoms with Gasteiger partial charge in [0, 0.05) is 0 Å². The molecular weight excluding hydrogens is 403 g/mol. The molecular formula is C21H40O2Sn. The van der Waals surface area contributed by atoms with Gasteiger partial charge in [0.05, 0.1) is 0 Å². The average Bonchev–Trinajstić information content (AvgIpc) is 2.56. The summed E-state index contributed by atoms with van der Waals surface area (Å²) in [4.78, 5) is 12.9. The first-order valence-corrected chi connectivity index (χ1v) is 17.5. The fourth-order valence-corrected chi connectivity index (χ4v) is 21.1. The molecule has 0 aromatic carbocycles. The maximum absolute atomic E-state index is 12.9. The van der Waals surface area contributed by atoms with Crippen molar-refractivity contribution in [2.24, 2.45) is 0 Å². The van der Waals surface area contributed by atoms with Crippen LogP contribution in [-0.2, 0) is 9.53 Å². The summed E-state index contributed by atoms with van der Waals surface area (Å²) in [6, 6.07) is 0. The number of hydrogen-bond donors (Lipinski definition) is 0. The molecule has 0 aromatic rings. The number of ether oxygens (including phenoxy) is 1. The van der Waals surface area contributed by atoms with Crippen LogP contribution in [-0.4, -0.2) is 31.0 Å². The summed E-state index contributed by atoms with van der Waals surface area (Å²) in [6.07, 6.45) is 10.2. The number of rotatable bonds is 14. The molecule has 0 rings (SSSR count). The second-order valence-electron chi connectivity index (χ2n) is 6.96. The Hall–Kier alpha value is -0.251. The number of carbonyl (C=O) groups excluding carboxylic acids is 1. The predicted octanol–water partition coefficient (Wildman–Crippen LogP) is 6.83. The van der Waals surface area contributed by atoms with Gasteiger partial charge in [0.2, 0.25) is 0 Å². The zero-order chi connectivity index (χ0) is 18.4. The van der Waals surface area contributed by atoms with Crippen LogP contribution in [0.1, 0.15) is 79.6 Å². The van der Waals surface area contributed by atoms with Gasteiger partial charge in [-0.3, -0.25) is 0 Å². The maximum atomic E-state index is 12.9. The van der Waals surface area contributed by atoms with Crippen LogP contribution in [0, 0.1) is 0 Å². The average molecular weight is 443 g/mol. The van der Waals surface area contributed by atoms with Gasteiger partial charge in [0.25, 0.3) is 0 Å². The molecule has 0 aliphatic heterocycles. The molecule has 0 aromatic heterocycles. The molecule has 2 nitrogen and oxygen atoms in total. The van der Waals surface area contributed by atoms with Crippen molar-refractivity contribution < 1.29 is 9.53 Å². The Morgan fingerprint density at radius 3 is 1.75 bits per heavy atom. The number of hydrogen-bond acceptors (Lipinski definition) is 2. The van der Waals surface area contributed by atoms with E-state index in [-0.39, 0.29) is 5.97 Å². The fraction of sp³-hybridized carbons (Fsp3) is 0.762. The third kappa shape index (κ3) is 7.75. The summed E-state index contributed by atoms with van der Waals surface area (Å²) >= 11 is -2.76. The van der Waals surface area contributed by atoms with Crippen molar-refractivity contribution in [2.45, 2.75) is 92.9 Å². The van der Waals surface area contributed by atoms with Crippen molar-refractivity contribution in [3.63, 3.8) is 0 Å². The van der Waals surface area contributed by atoms with Crippen molar-refractivity contribution in [1.82, 2.24) is 0 Å². The van der Waals surface area contributed by atoms with Gasteiger partial charge in [-0.2, -0.15) is 0 Å². The van der Waals surface area contributed by atoms with Crippen molar-refractivity contribution in [2.75, 3.05) is 6.61 Å². The van der Waals surface area contributed by atoms with Crippen LogP contribution in [0.15, 0.2) is 21.8 Å². The van der Waals surface area contributed by atoms with Crippen molar-refractivity contribution in [3.05, 3.63) is 21.8 Å². The molecule has 0 heterocycles. The molecule has 3 heteroatoms. The van der Waals surface area contributed by atoms with Crippen LogP contribution in [0.25, 0.3) is 0 Å². The molecule has 0 amide bonds. The van der Waals surface area contributed by atoms with Crippen LogP contribution in [0.4, 0.5) is 0 Å². The molecule has 0 fully saturated rings. The van der Waals surface area contributed by atoms with Crippen LogP contribution < -0.4 is 0 Å². The number of esters is 1. The molecule has 0 bridgehead atoms.